The first-order valence-electron chi connectivity index (χ1n) is 6.09. The number of hydrogen-bond acceptors (Lipinski definition) is 3. The summed E-state index contributed by atoms with van der Waals surface area (Å²) in [5, 5.41) is 16.0. The highest BCUT2D eigenvalue weighted by atomic mass is 16.2. The van der Waals surface area contributed by atoms with E-state index in [0.717, 1.165) is 23.4 Å². The van der Waals surface area contributed by atoms with E-state index in [0.29, 0.717) is 24.3 Å². The third kappa shape index (κ3) is 1.89. The summed E-state index contributed by atoms with van der Waals surface area (Å²) in [6, 6.07) is 3.59. The molecule has 0 unspecified atom stereocenters. The van der Waals surface area contributed by atoms with Crippen molar-refractivity contribution in [1.82, 2.24) is 20.1 Å². The molecule has 0 radical (unpaired) electrons. The summed E-state index contributed by atoms with van der Waals surface area (Å²) < 4.78 is 0. The summed E-state index contributed by atoms with van der Waals surface area (Å²) >= 11 is 0. The zero-order valence-corrected chi connectivity index (χ0v) is 10.5. The van der Waals surface area contributed by atoms with Crippen LogP contribution >= 0.6 is 0 Å². The lowest BCUT2D eigenvalue weighted by atomic mass is 10.1. The Balaban J connectivity index is 1.83. The van der Waals surface area contributed by atoms with Crippen LogP contribution in [0.1, 0.15) is 33.0 Å². The highest BCUT2D eigenvalue weighted by molar-refractivity contribution is 5.93. The number of nitrogens with zero attached hydrogens (tertiary/aromatic N) is 3. The zero-order valence-electron chi connectivity index (χ0n) is 10.5. The number of carbonyl (C=O) groups is 1. The van der Waals surface area contributed by atoms with Gasteiger partial charge in [-0.3, -0.25) is 9.89 Å². The molecule has 1 aliphatic heterocycles. The topological polar surface area (TPSA) is 88.6 Å². The van der Waals surface area contributed by atoms with Gasteiger partial charge in [0.15, 0.2) is 0 Å². The lowest BCUT2D eigenvalue weighted by Crippen LogP contribution is -2.36. The predicted octanol–water partition coefficient (Wildman–Crippen LogP) is 1.12. The molecule has 2 aromatic heterocycles. The molecule has 2 N–H and O–H groups in total. The molecule has 6 heteroatoms. The summed E-state index contributed by atoms with van der Waals surface area (Å²) in [7, 11) is 0. The molecule has 0 aromatic carbocycles. The number of fused-ring (bicyclic) bond motifs is 1. The van der Waals surface area contributed by atoms with Gasteiger partial charge in [-0.05, 0) is 13.0 Å². The van der Waals surface area contributed by atoms with Crippen molar-refractivity contribution in [2.24, 2.45) is 0 Å². The monoisotopic (exact) mass is 255 g/mol. The summed E-state index contributed by atoms with van der Waals surface area (Å²) in [4.78, 5) is 17.0. The van der Waals surface area contributed by atoms with Gasteiger partial charge in [-0.1, -0.05) is 0 Å². The van der Waals surface area contributed by atoms with Crippen molar-refractivity contribution in [3.63, 3.8) is 0 Å². The van der Waals surface area contributed by atoms with E-state index in [1.165, 1.54) is 0 Å². The maximum atomic E-state index is 12.3. The molecule has 0 spiro atoms. The molecule has 1 amide bonds. The average Bonchev–Trinajstić information content (AvgIpc) is 3.05. The molecular formula is C13H13N5O. The second-order valence-corrected chi connectivity index (χ2v) is 4.66. The van der Waals surface area contributed by atoms with E-state index in [-0.39, 0.29) is 5.91 Å². The van der Waals surface area contributed by atoms with Crippen LogP contribution in [0.5, 0.6) is 0 Å². The number of hydrogen-bond donors (Lipinski definition) is 2. The first kappa shape index (κ1) is 11.5. The molecule has 0 saturated heterocycles. The zero-order chi connectivity index (χ0) is 13.4. The molecule has 0 saturated carbocycles. The minimum Gasteiger partial charge on any atom is -0.356 e. The minimum atomic E-state index is -0.0762. The molecule has 6 nitrogen and oxygen atoms in total. The molecule has 0 atom stereocenters. The van der Waals surface area contributed by atoms with Crippen LogP contribution in [0.3, 0.4) is 0 Å². The van der Waals surface area contributed by atoms with Crippen LogP contribution in [-0.2, 0) is 13.0 Å². The van der Waals surface area contributed by atoms with Crippen molar-refractivity contribution in [3.8, 4) is 6.07 Å². The summed E-state index contributed by atoms with van der Waals surface area (Å²) in [6.45, 7) is 3.18. The van der Waals surface area contributed by atoms with Gasteiger partial charge in [-0.15, -0.1) is 0 Å². The van der Waals surface area contributed by atoms with Gasteiger partial charge >= 0.3 is 0 Å². The smallest absolute Gasteiger partial charge is 0.270 e. The molecule has 2 aromatic rings. The van der Waals surface area contributed by atoms with Crippen LogP contribution in [0.2, 0.25) is 0 Å². The van der Waals surface area contributed by atoms with Gasteiger partial charge in [-0.25, -0.2) is 0 Å². The quantitative estimate of drug-likeness (QED) is 0.800. The van der Waals surface area contributed by atoms with E-state index in [9.17, 15) is 4.79 Å². The number of carbonyl (C=O) groups excluding carboxylic acids is 1. The maximum absolute atomic E-state index is 12.3. The fraction of sp³-hybridized carbons (Fsp3) is 0.308. The number of aromatic nitrogens is 3. The second-order valence-electron chi connectivity index (χ2n) is 4.66. The van der Waals surface area contributed by atoms with E-state index in [1.54, 1.807) is 17.2 Å². The van der Waals surface area contributed by atoms with E-state index >= 15 is 0 Å². The standard InChI is InChI=1S/C13H13N5O/c1-8-10-7-18(3-2-11(10)17-16-8)13(19)12-4-9(5-14)6-15-12/h4,6,15H,2-3,7H2,1H3,(H,16,17). The average molecular weight is 255 g/mol. The molecule has 0 aliphatic carbocycles. The predicted molar refractivity (Wildman–Crippen MR) is 67.3 cm³/mol. The first-order valence-corrected chi connectivity index (χ1v) is 6.09. The van der Waals surface area contributed by atoms with Crippen LogP contribution in [0, 0.1) is 18.3 Å². The Hall–Kier alpha value is -2.55. The van der Waals surface area contributed by atoms with E-state index < -0.39 is 0 Å². The van der Waals surface area contributed by atoms with Crippen molar-refractivity contribution in [2.75, 3.05) is 6.54 Å². The van der Waals surface area contributed by atoms with Crippen molar-refractivity contribution >= 4 is 5.91 Å². The Morgan fingerprint density at radius 2 is 2.42 bits per heavy atom. The number of amides is 1. The fourth-order valence-corrected chi connectivity index (χ4v) is 2.36. The Labute approximate surface area is 110 Å². The summed E-state index contributed by atoms with van der Waals surface area (Å²) in [6.07, 6.45) is 2.31. The maximum Gasteiger partial charge on any atom is 0.270 e. The Morgan fingerprint density at radius 1 is 1.58 bits per heavy atom. The summed E-state index contributed by atoms with van der Waals surface area (Å²) in [5.74, 6) is -0.0762. The Bertz CT molecular complexity index is 676. The lowest BCUT2D eigenvalue weighted by molar-refractivity contribution is 0.0729. The SMILES string of the molecule is Cc1[nH]nc2c1CN(C(=O)c1cc(C#N)c[nH]1)CC2. The minimum absolute atomic E-state index is 0.0762. The fourth-order valence-electron chi connectivity index (χ4n) is 2.36. The largest absolute Gasteiger partial charge is 0.356 e. The molecule has 19 heavy (non-hydrogen) atoms. The van der Waals surface area contributed by atoms with Crippen molar-refractivity contribution in [3.05, 3.63) is 40.5 Å². The lowest BCUT2D eigenvalue weighted by Gasteiger charge is -2.26. The van der Waals surface area contributed by atoms with Crippen LogP contribution in [0.4, 0.5) is 0 Å². The van der Waals surface area contributed by atoms with Gasteiger partial charge in [-0.2, -0.15) is 10.4 Å². The molecule has 1 aliphatic rings. The third-order valence-corrected chi connectivity index (χ3v) is 3.46. The van der Waals surface area contributed by atoms with Crippen LogP contribution < -0.4 is 0 Å². The highest BCUT2D eigenvalue weighted by Crippen LogP contribution is 2.21. The Morgan fingerprint density at radius 3 is 3.16 bits per heavy atom. The van der Waals surface area contributed by atoms with Crippen LogP contribution in [0.25, 0.3) is 0 Å². The van der Waals surface area contributed by atoms with Crippen LogP contribution in [0.15, 0.2) is 12.3 Å². The van der Waals surface area contributed by atoms with Crippen molar-refractivity contribution in [1.29, 1.82) is 5.26 Å². The highest BCUT2D eigenvalue weighted by Gasteiger charge is 2.25. The molecule has 0 fully saturated rings. The molecular weight excluding hydrogens is 242 g/mol. The van der Waals surface area contributed by atoms with Crippen LogP contribution in [-0.4, -0.2) is 32.5 Å². The van der Waals surface area contributed by atoms with E-state index in [1.807, 2.05) is 13.0 Å². The number of aryl methyl sites for hydroxylation is 1. The first-order chi connectivity index (χ1) is 9.19. The van der Waals surface area contributed by atoms with Gasteiger partial charge in [0.05, 0.1) is 11.3 Å². The van der Waals surface area contributed by atoms with Gasteiger partial charge in [0.2, 0.25) is 0 Å². The van der Waals surface area contributed by atoms with Gasteiger partial charge in [0.1, 0.15) is 11.8 Å². The Kier molecular flexibility index (Phi) is 2.60. The number of aromatic amines is 2. The number of nitrogens with one attached hydrogen (secondary N) is 2. The van der Waals surface area contributed by atoms with Gasteiger partial charge < -0.3 is 9.88 Å². The van der Waals surface area contributed by atoms with Crippen molar-refractivity contribution < 1.29 is 4.79 Å². The number of nitriles is 1. The van der Waals surface area contributed by atoms with Gasteiger partial charge in [0, 0.05) is 37.0 Å². The number of H-pyrrole nitrogens is 2. The molecule has 96 valence electrons. The molecule has 3 rings (SSSR count). The van der Waals surface area contributed by atoms with Gasteiger partial charge in [0.25, 0.3) is 5.91 Å². The molecule has 3 heterocycles. The second kappa shape index (κ2) is 4.28. The van der Waals surface area contributed by atoms with E-state index in [2.05, 4.69) is 15.2 Å². The molecule has 0 bridgehead atoms. The van der Waals surface area contributed by atoms with E-state index in [4.69, 9.17) is 5.26 Å². The summed E-state index contributed by atoms with van der Waals surface area (Å²) in [5.41, 5.74) is 4.09. The number of rotatable bonds is 1. The third-order valence-electron chi connectivity index (χ3n) is 3.46. The van der Waals surface area contributed by atoms with Crippen molar-refractivity contribution in [2.45, 2.75) is 19.9 Å². The normalized spacial score (nSPS) is 14.0.